The number of benzene rings is 1. The van der Waals surface area contributed by atoms with E-state index in [4.69, 9.17) is 5.73 Å². The van der Waals surface area contributed by atoms with Crippen LogP contribution in [0.2, 0.25) is 0 Å². The van der Waals surface area contributed by atoms with Crippen molar-refractivity contribution in [2.45, 2.75) is 6.92 Å². The Bertz CT molecular complexity index is 659. The summed E-state index contributed by atoms with van der Waals surface area (Å²) in [5.41, 5.74) is 7.27. The molecule has 20 heavy (non-hydrogen) atoms. The molecule has 0 spiro atoms. The number of nitrogens with one attached hydrogen (secondary N) is 1. The molecule has 5 nitrogen and oxygen atoms in total. The Kier molecular flexibility index (Phi) is 3.84. The minimum atomic E-state index is -0.572. The zero-order chi connectivity index (χ0) is 14.7. The normalized spacial score (nSPS) is 10.2. The number of carbonyl (C=O) groups excluding carboxylic acids is 1. The summed E-state index contributed by atoms with van der Waals surface area (Å²) in [5, 5.41) is 2.78. The molecule has 6 heteroatoms. The van der Waals surface area contributed by atoms with E-state index in [1.54, 1.807) is 12.1 Å². The van der Waals surface area contributed by atoms with Gasteiger partial charge in [-0.15, -0.1) is 0 Å². The average molecular weight is 275 g/mol. The van der Waals surface area contributed by atoms with Gasteiger partial charge >= 0.3 is 5.97 Å². The monoisotopic (exact) mass is 275 g/mol. The van der Waals surface area contributed by atoms with E-state index in [0.717, 1.165) is 5.56 Å². The van der Waals surface area contributed by atoms with E-state index in [9.17, 15) is 9.18 Å². The summed E-state index contributed by atoms with van der Waals surface area (Å²) in [6.45, 7) is 1.84. The third-order valence-electron chi connectivity index (χ3n) is 2.77. The molecular formula is C14H14FN3O2. The van der Waals surface area contributed by atoms with Crippen molar-refractivity contribution in [2.24, 2.45) is 0 Å². The van der Waals surface area contributed by atoms with Crippen molar-refractivity contribution < 1.29 is 13.9 Å². The van der Waals surface area contributed by atoms with Gasteiger partial charge in [0.15, 0.2) is 5.82 Å². The first-order chi connectivity index (χ1) is 9.52. The quantitative estimate of drug-likeness (QED) is 0.842. The van der Waals surface area contributed by atoms with Crippen LogP contribution < -0.4 is 11.1 Å². The molecule has 104 valence electrons. The largest absolute Gasteiger partial charge is 0.465 e. The molecule has 0 radical (unpaired) electrons. The molecule has 0 fully saturated rings. The van der Waals surface area contributed by atoms with Gasteiger partial charge in [0.05, 0.1) is 24.0 Å². The van der Waals surface area contributed by atoms with Crippen molar-refractivity contribution in [3.63, 3.8) is 0 Å². The second-order valence-electron chi connectivity index (χ2n) is 4.22. The van der Waals surface area contributed by atoms with Gasteiger partial charge in [-0.1, -0.05) is 6.07 Å². The number of nitrogens with two attached hydrogens (primary N) is 1. The molecule has 0 bridgehead atoms. The van der Waals surface area contributed by atoms with E-state index < -0.39 is 11.8 Å². The van der Waals surface area contributed by atoms with Crippen LogP contribution in [-0.4, -0.2) is 18.1 Å². The van der Waals surface area contributed by atoms with Gasteiger partial charge in [-0.05, 0) is 30.7 Å². The maximum Gasteiger partial charge on any atom is 0.340 e. The smallest absolute Gasteiger partial charge is 0.340 e. The molecule has 2 aromatic rings. The fourth-order valence-electron chi connectivity index (χ4n) is 1.72. The van der Waals surface area contributed by atoms with Crippen molar-refractivity contribution >= 4 is 23.2 Å². The Balaban J connectivity index is 2.39. The summed E-state index contributed by atoms with van der Waals surface area (Å²) >= 11 is 0. The average Bonchev–Trinajstić information content (AvgIpc) is 2.44. The number of pyridine rings is 1. The maximum absolute atomic E-state index is 13.7. The molecule has 0 atom stereocenters. The lowest BCUT2D eigenvalue weighted by Crippen LogP contribution is -2.09. The highest BCUT2D eigenvalue weighted by atomic mass is 19.1. The fraction of sp³-hybridized carbons (Fsp3) is 0.143. The Hall–Kier alpha value is -2.63. The summed E-state index contributed by atoms with van der Waals surface area (Å²) in [6.07, 6.45) is 1.40. The number of aromatic nitrogens is 1. The van der Waals surface area contributed by atoms with Crippen LogP contribution in [0.1, 0.15) is 15.9 Å². The number of hydrogen-bond donors (Lipinski definition) is 2. The summed E-state index contributed by atoms with van der Waals surface area (Å²) in [5.74, 6) is -0.796. The van der Waals surface area contributed by atoms with Crippen LogP contribution in [0.4, 0.5) is 21.6 Å². The number of nitrogens with zero attached hydrogens (tertiary/aromatic N) is 1. The van der Waals surface area contributed by atoms with Gasteiger partial charge in [0, 0.05) is 6.20 Å². The van der Waals surface area contributed by atoms with Crippen molar-refractivity contribution in [2.75, 3.05) is 18.2 Å². The number of methoxy groups -OCH3 is 1. The molecule has 0 saturated carbocycles. The molecule has 0 aliphatic rings. The number of halogens is 1. The first kappa shape index (κ1) is 13.8. The van der Waals surface area contributed by atoms with E-state index in [1.165, 1.54) is 25.4 Å². The molecule has 0 aliphatic heterocycles. The summed E-state index contributed by atoms with van der Waals surface area (Å²) in [4.78, 5) is 15.5. The number of rotatable bonds is 3. The highest BCUT2D eigenvalue weighted by molar-refractivity contribution is 5.97. The van der Waals surface area contributed by atoms with Gasteiger partial charge in [0.2, 0.25) is 0 Å². The number of aryl methyl sites for hydroxylation is 1. The maximum atomic E-state index is 13.7. The number of anilines is 3. The summed E-state index contributed by atoms with van der Waals surface area (Å²) < 4.78 is 18.3. The summed E-state index contributed by atoms with van der Waals surface area (Å²) in [7, 11) is 1.26. The Morgan fingerprint density at radius 2 is 2.15 bits per heavy atom. The van der Waals surface area contributed by atoms with Crippen LogP contribution >= 0.6 is 0 Å². The van der Waals surface area contributed by atoms with Crippen molar-refractivity contribution in [1.29, 1.82) is 0 Å². The molecule has 0 unspecified atom stereocenters. The van der Waals surface area contributed by atoms with Gasteiger partial charge in [-0.2, -0.15) is 0 Å². The summed E-state index contributed by atoms with van der Waals surface area (Å²) in [6, 6.07) is 6.07. The zero-order valence-corrected chi connectivity index (χ0v) is 11.1. The highest BCUT2D eigenvalue weighted by Crippen LogP contribution is 2.26. The molecule has 0 aliphatic carbocycles. The fourth-order valence-corrected chi connectivity index (χ4v) is 1.72. The molecule has 3 N–H and O–H groups in total. The number of nitrogen functional groups attached to an aromatic ring is 1. The Morgan fingerprint density at radius 1 is 1.40 bits per heavy atom. The predicted molar refractivity (Wildman–Crippen MR) is 74.4 cm³/mol. The number of carbonyl (C=O) groups is 1. The van der Waals surface area contributed by atoms with Crippen LogP contribution in [0.25, 0.3) is 0 Å². The van der Waals surface area contributed by atoms with Crippen LogP contribution in [0.15, 0.2) is 30.5 Å². The van der Waals surface area contributed by atoms with Crippen LogP contribution in [0, 0.1) is 12.7 Å². The number of ether oxygens (including phenoxy) is 1. The number of esters is 1. The highest BCUT2D eigenvalue weighted by Gasteiger charge is 2.14. The lowest BCUT2D eigenvalue weighted by Gasteiger charge is -2.12. The first-order valence-electron chi connectivity index (χ1n) is 5.89. The molecule has 2 rings (SSSR count). The molecular weight excluding hydrogens is 261 g/mol. The third kappa shape index (κ3) is 2.69. The van der Waals surface area contributed by atoms with Crippen LogP contribution in [-0.2, 0) is 4.74 Å². The van der Waals surface area contributed by atoms with Crippen molar-refractivity contribution in [3.05, 3.63) is 47.4 Å². The molecule has 0 amide bonds. The second-order valence-corrected chi connectivity index (χ2v) is 4.22. The first-order valence-corrected chi connectivity index (χ1v) is 5.89. The van der Waals surface area contributed by atoms with Crippen LogP contribution in [0.3, 0.4) is 0 Å². The molecule has 0 saturated heterocycles. The van der Waals surface area contributed by atoms with Gasteiger partial charge in [0.1, 0.15) is 5.82 Å². The predicted octanol–water partition coefficient (Wildman–Crippen LogP) is 2.64. The van der Waals surface area contributed by atoms with E-state index in [2.05, 4.69) is 15.0 Å². The molecule has 1 aromatic heterocycles. The minimum absolute atomic E-state index is 0.111. The third-order valence-corrected chi connectivity index (χ3v) is 2.77. The van der Waals surface area contributed by atoms with Gasteiger partial charge in [-0.25, -0.2) is 14.2 Å². The molecule has 1 aromatic carbocycles. The minimum Gasteiger partial charge on any atom is -0.465 e. The van der Waals surface area contributed by atoms with E-state index >= 15 is 0 Å². The number of hydrogen-bond acceptors (Lipinski definition) is 5. The van der Waals surface area contributed by atoms with E-state index in [1.807, 2.05) is 6.92 Å². The zero-order valence-electron chi connectivity index (χ0n) is 11.1. The molecule has 1 heterocycles. The van der Waals surface area contributed by atoms with E-state index in [-0.39, 0.29) is 22.8 Å². The van der Waals surface area contributed by atoms with Crippen molar-refractivity contribution in [3.8, 4) is 0 Å². The van der Waals surface area contributed by atoms with Gasteiger partial charge in [0.25, 0.3) is 0 Å². The lowest BCUT2D eigenvalue weighted by molar-refractivity contribution is 0.0602. The van der Waals surface area contributed by atoms with Crippen LogP contribution in [0.5, 0.6) is 0 Å². The topological polar surface area (TPSA) is 77.2 Å². The Labute approximate surface area is 115 Å². The second kappa shape index (κ2) is 5.56. The Morgan fingerprint density at radius 3 is 2.85 bits per heavy atom. The van der Waals surface area contributed by atoms with E-state index in [0.29, 0.717) is 0 Å². The van der Waals surface area contributed by atoms with Gasteiger partial charge in [-0.3, -0.25) is 0 Å². The lowest BCUT2D eigenvalue weighted by atomic mass is 10.2. The standard InChI is InChI=1S/C14H14FN3O2/c1-8-3-4-10(15)11(7-8)18-13-12(16)9(5-6-17-13)14(19)20-2/h3-7H,16H2,1-2H3,(H,17,18). The van der Waals surface area contributed by atoms with Gasteiger partial charge < -0.3 is 15.8 Å². The SMILES string of the molecule is COC(=O)c1ccnc(Nc2cc(C)ccc2F)c1N. The van der Waals surface area contributed by atoms with Crippen molar-refractivity contribution in [1.82, 2.24) is 4.98 Å².